The molecule has 0 saturated heterocycles. The number of carboxylic acids is 1. The van der Waals surface area contributed by atoms with Gasteiger partial charge in [0.05, 0.1) is 11.6 Å². The molecule has 1 saturated carbocycles. The largest absolute Gasteiger partial charge is 0.481 e. The lowest BCUT2D eigenvalue weighted by atomic mass is 9.93. The molecule has 6 nitrogen and oxygen atoms in total. The molecule has 0 atom stereocenters. The number of nitrogens with two attached hydrogens (primary N) is 1. The van der Waals surface area contributed by atoms with Gasteiger partial charge in [-0.3, -0.25) is 4.79 Å². The van der Waals surface area contributed by atoms with E-state index in [2.05, 4.69) is 5.16 Å². The molecule has 0 spiro atoms. The van der Waals surface area contributed by atoms with E-state index in [4.69, 9.17) is 15.4 Å². The number of nitrogen functional groups attached to an aromatic ring is 1. The van der Waals surface area contributed by atoms with E-state index in [-0.39, 0.29) is 0 Å². The van der Waals surface area contributed by atoms with E-state index in [0.717, 1.165) is 42.2 Å². The first-order valence-corrected chi connectivity index (χ1v) is 8.20. The lowest BCUT2D eigenvalue weighted by Gasteiger charge is -2.11. The highest BCUT2D eigenvalue weighted by Gasteiger charge is 2.51. The van der Waals surface area contributed by atoms with E-state index in [1.807, 2.05) is 48.5 Å². The van der Waals surface area contributed by atoms with Crippen LogP contribution in [0.4, 0.5) is 5.69 Å². The number of rotatable bonds is 4. The smallest absolute Gasteiger partial charge is 0.314 e. The molecule has 0 aliphatic heterocycles. The Morgan fingerprint density at radius 3 is 1.92 bits per heavy atom. The van der Waals surface area contributed by atoms with Gasteiger partial charge in [0.2, 0.25) is 0 Å². The van der Waals surface area contributed by atoms with Crippen LogP contribution < -0.4 is 5.73 Å². The third-order valence-electron chi connectivity index (χ3n) is 4.68. The topological polar surface area (TPSA) is 110 Å². The normalized spacial score (nSPS) is 14.2. The van der Waals surface area contributed by atoms with E-state index in [0.29, 0.717) is 11.4 Å². The summed E-state index contributed by atoms with van der Waals surface area (Å²) in [5, 5.41) is 20.0. The van der Waals surface area contributed by atoms with Gasteiger partial charge in [0, 0.05) is 12.7 Å². The second-order valence-electron chi connectivity index (χ2n) is 6.15. The third-order valence-corrected chi connectivity index (χ3v) is 4.68. The summed E-state index contributed by atoms with van der Waals surface area (Å²) in [6, 6.07) is 15.6. The van der Waals surface area contributed by atoms with Crippen molar-refractivity contribution in [2.45, 2.75) is 18.3 Å². The van der Waals surface area contributed by atoms with Crippen molar-refractivity contribution in [1.29, 1.82) is 0 Å². The first kappa shape index (κ1) is 17.7. The van der Waals surface area contributed by atoms with Crippen molar-refractivity contribution in [3.8, 4) is 22.5 Å². The average Bonchev–Trinajstić information content (AvgIpc) is 3.40. The summed E-state index contributed by atoms with van der Waals surface area (Å²) < 4.78 is 5.15. The van der Waals surface area contributed by atoms with Crippen LogP contribution in [0.3, 0.4) is 0 Å². The summed E-state index contributed by atoms with van der Waals surface area (Å²) in [6.07, 6.45) is 2.92. The van der Waals surface area contributed by atoms with E-state index >= 15 is 0 Å². The molecule has 4 rings (SSSR count). The molecule has 0 bridgehead atoms. The molecule has 3 aromatic rings. The minimum absolute atomic E-state index is 0.510. The Labute approximate surface area is 150 Å². The number of aliphatic hydroxyl groups excluding tert-OH is 1. The number of carbonyl (C=O) groups is 1. The van der Waals surface area contributed by atoms with Gasteiger partial charge in [-0.25, -0.2) is 0 Å². The van der Waals surface area contributed by atoms with E-state index < -0.39 is 11.4 Å². The molecule has 0 unspecified atom stereocenters. The van der Waals surface area contributed by atoms with Gasteiger partial charge in [-0.05, 0) is 29.5 Å². The Morgan fingerprint density at radius 2 is 1.50 bits per heavy atom. The van der Waals surface area contributed by atoms with Gasteiger partial charge in [-0.2, -0.15) is 0 Å². The van der Waals surface area contributed by atoms with Crippen LogP contribution >= 0.6 is 0 Å². The Bertz CT molecular complexity index is 894. The van der Waals surface area contributed by atoms with Gasteiger partial charge >= 0.3 is 5.97 Å². The number of anilines is 1. The highest BCUT2D eigenvalue weighted by molar-refractivity contribution is 5.85. The zero-order valence-corrected chi connectivity index (χ0v) is 14.3. The van der Waals surface area contributed by atoms with Crippen LogP contribution in [0.25, 0.3) is 22.5 Å². The first-order valence-electron chi connectivity index (χ1n) is 8.20. The van der Waals surface area contributed by atoms with Gasteiger partial charge in [0.1, 0.15) is 5.69 Å². The predicted octanol–water partition coefficient (Wildman–Crippen LogP) is 3.32. The fourth-order valence-corrected chi connectivity index (χ4v) is 3.01. The minimum atomic E-state index is -0.732. The molecule has 1 aliphatic rings. The summed E-state index contributed by atoms with van der Waals surface area (Å²) in [7, 11) is 1.00. The SMILES string of the molecule is CO.Nc1cnoc1-c1ccc(-c2ccc(C3(C(=O)O)CC3)cc2)cc1. The van der Waals surface area contributed by atoms with Crippen molar-refractivity contribution in [3.63, 3.8) is 0 Å². The molecule has 1 fully saturated rings. The molecule has 0 amide bonds. The maximum absolute atomic E-state index is 11.4. The van der Waals surface area contributed by atoms with Crippen molar-refractivity contribution in [2.75, 3.05) is 12.8 Å². The van der Waals surface area contributed by atoms with Gasteiger partial charge in [0.25, 0.3) is 0 Å². The van der Waals surface area contributed by atoms with Gasteiger partial charge in [0.15, 0.2) is 5.76 Å². The van der Waals surface area contributed by atoms with Crippen LogP contribution in [-0.2, 0) is 10.2 Å². The standard InChI is InChI=1S/C19H16N2O3.CH4O/c20-16-11-21-24-17(16)14-3-1-12(2-4-14)13-5-7-15(8-6-13)19(9-10-19)18(22)23;1-2/h1-8,11H,9-10,20H2,(H,22,23);2H,1H3. The molecular formula is C20H20N2O4. The molecule has 0 radical (unpaired) electrons. The number of benzene rings is 2. The van der Waals surface area contributed by atoms with Crippen molar-refractivity contribution >= 4 is 11.7 Å². The highest BCUT2D eigenvalue weighted by Crippen LogP contribution is 2.48. The summed E-state index contributed by atoms with van der Waals surface area (Å²) in [5.74, 6) is -0.168. The second kappa shape index (κ2) is 7.01. The van der Waals surface area contributed by atoms with Gasteiger partial charge in [-0.15, -0.1) is 0 Å². The Balaban J connectivity index is 0.000000948. The predicted molar refractivity (Wildman–Crippen MR) is 98.5 cm³/mol. The van der Waals surface area contributed by atoms with Gasteiger partial charge < -0.3 is 20.5 Å². The lowest BCUT2D eigenvalue weighted by Crippen LogP contribution is -2.19. The van der Waals surface area contributed by atoms with E-state index in [1.54, 1.807) is 0 Å². The van der Waals surface area contributed by atoms with Crippen molar-refractivity contribution < 1.29 is 19.5 Å². The van der Waals surface area contributed by atoms with Crippen LogP contribution in [0.2, 0.25) is 0 Å². The molecule has 1 heterocycles. The molecule has 2 aromatic carbocycles. The van der Waals surface area contributed by atoms with Crippen LogP contribution in [0.15, 0.2) is 59.3 Å². The first-order chi connectivity index (χ1) is 12.6. The number of aliphatic hydroxyl groups is 1. The number of aliphatic carboxylic acids is 1. The second-order valence-corrected chi connectivity index (χ2v) is 6.15. The van der Waals surface area contributed by atoms with Crippen molar-refractivity contribution in [3.05, 3.63) is 60.3 Å². The number of carboxylic acid groups (broad SMARTS) is 1. The number of aromatic nitrogens is 1. The zero-order valence-electron chi connectivity index (χ0n) is 14.3. The molecule has 134 valence electrons. The summed E-state index contributed by atoms with van der Waals surface area (Å²) in [4.78, 5) is 11.4. The highest BCUT2D eigenvalue weighted by atomic mass is 16.5. The van der Waals surface area contributed by atoms with Crippen molar-refractivity contribution in [1.82, 2.24) is 5.16 Å². The number of hydrogen-bond acceptors (Lipinski definition) is 5. The maximum Gasteiger partial charge on any atom is 0.314 e. The fourth-order valence-electron chi connectivity index (χ4n) is 3.01. The monoisotopic (exact) mass is 352 g/mol. The number of hydrogen-bond donors (Lipinski definition) is 3. The zero-order chi connectivity index (χ0) is 18.7. The van der Waals surface area contributed by atoms with E-state index in [1.165, 1.54) is 6.20 Å². The van der Waals surface area contributed by atoms with Crippen LogP contribution in [0, 0.1) is 0 Å². The summed E-state index contributed by atoms with van der Waals surface area (Å²) in [6.45, 7) is 0. The number of nitrogens with zero attached hydrogens (tertiary/aromatic N) is 1. The molecule has 26 heavy (non-hydrogen) atoms. The lowest BCUT2D eigenvalue weighted by molar-refractivity contribution is -0.140. The molecule has 1 aliphatic carbocycles. The molecule has 6 heteroatoms. The van der Waals surface area contributed by atoms with Crippen molar-refractivity contribution in [2.24, 2.45) is 0 Å². The van der Waals surface area contributed by atoms with E-state index in [9.17, 15) is 9.90 Å². The summed E-state index contributed by atoms with van der Waals surface area (Å²) in [5.41, 5.74) is 9.49. The molecule has 1 aromatic heterocycles. The Morgan fingerprint density at radius 1 is 1.00 bits per heavy atom. The average molecular weight is 352 g/mol. The van der Waals surface area contributed by atoms with Crippen LogP contribution in [-0.4, -0.2) is 28.4 Å². The molecular weight excluding hydrogens is 332 g/mol. The molecule has 4 N–H and O–H groups in total. The van der Waals surface area contributed by atoms with Crippen LogP contribution in [0.5, 0.6) is 0 Å². The summed E-state index contributed by atoms with van der Waals surface area (Å²) >= 11 is 0. The quantitative estimate of drug-likeness (QED) is 0.664. The van der Waals surface area contributed by atoms with Crippen LogP contribution in [0.1, 0.15) is 18.4 Å². The maximum atomic E-state index is 11.4. The van der Waals surface area contributed by atoms with Gasteiger partial charge in [-0.1, -0.05) is 53.7 Å². The minimum Gasteiger partial charge on any atom is -0.481 e. The third kappa shape index (κ3) is 3.07. The fraction of sp³-hybridized carbons (Fsp3) is 0.200. The Hall–Kier alpha value is -3.12. The Kier molecular flexibility index (Phi) is 4.77.